The smallest absolute Gasteiger partial charge is 0.275 e. The lowest BCUT2D eigenvalue weighted by Gasteiger charge is -2.03. The Labute approximate surface area is 181 Å². The minimum absolute atomic E-state index is 0.296. The van der Waals surface area contributed by atoms with E-state index in [1.54, 1.807) is 35.7 Å². The van der Waals surface area contributed by atoms with Crippen molar-refractivity contribution < 1.29 is 4.79 Å². The highest BCUT2D eigenvalue weighted by Gasteiger charge is 2.18. The SMILES string of the molecule is Cn1cc(NC(=O)c2csc(-c3cnn(-c4ccccc4)n3)n2)c(-c2ccccn2)n1. The van der Waals surface area contributed by atoms with Crippen LogP contribution in [0.5, 0.6) is 0 Å². The minimum Gasteiger partial charge on any atom is -0.317 e. The summed E-state index contributed by atoms with van der Waals surface area (Å²) in [6.45, 7) is 0. The number of thiazole rings is 1. The Morgan fingerprint density at radius 2 is 1.87 bits per heavy atom. The molecule has 0 aliphatic carbocycles. The summed E-state index contributed by atoms with van der Waals surface area (Å²) in [5, 5.41) is 18.4. The molecule has 4 aromatic heterocycles. The summed E-state index contributed by atoms with van der Waals surface area (Å²) >= 11 is 1.33. The first-order valence-corrected chi connectivity index (χ1v) is 10.3. The molecular weight excluding hydrogens is 412 g/mol. The van der Waals surface area contributed by atoms with E-state index in [-0.39, 0.29) is 5.91 Å². The van der Waals surface area contributed by atoms with Crippen molar-refractivity contribution in [3.63, 3.8) is 0 Å². The lowest BCUT2D eigenvalue weighted by Crippen LogP contribution is -2.12. The molecular formula is C21H16N8OS. The zero-order valence-electron chi connectivity index (χ0n) is 16.4. The molecule has 0 spiro atoms. The van der Waals surface area contributed by atoms with Crippen LogP contribution in [0.1, 0.15) is 10.5 Å². The Hall–Kier alpha value is -4.18. The zero-order valence-corrected chi connectivity index (χ0v) is 17.2. The predicted molar refractivity (Wildman–Crippen MR) is 117 cm³/mol. The number of benzene rings is 1. The Kier molecular flexibility index (Phi) is 4.81. The highest BCUT2D eigenvalue weighted by Crippen LogP contribution is 2.26. The molecule has 0 aliphatic heterocycles. The van der Waals surface area contributed by atoms with Crippen LogP contribution in [0.15, 0.2) is 72.5 Å². The molecule has 152 valence electrons. The summed E-state index contributed by atoms with van der Waals surface area (Å²) < 4.78 is 1.63. The van der Waals surface area contributed by atoms with Crippen molar-refractivity contribution >= 4 is 22.9 Å². The van der Waals surface area contributed by atoms with E-state index >= 15 is 0 Å². The number of nitrogens with zero attached hydrogens (tertiary/aromatic N) is 7. The van der Waals surface area contributed by atoms with Gasteiger partial charge in [-0.05, 0) is 24.3 Å². The summed E-state index contributed by atoms with van der Waals surface area (Å²) in [5.41, 5.74) is 3.58. The Balaban J connectivity index is 1.37. The largest absolute Gasteiger partial charge is 0.317 e. The molecule has 1 aromatic carbocycles. The summed E-state index contributed by atoms with van der Waals surface area (Å²) in [6, 6.07) is 15.1. The third-order valence-corrected chi connectivity index (χ3v) is 5.28. The van der Waals surface area contributed by atoms with E-state index in [1.165, 1.54) is 16.1 Å². The number of nitrogens with one attached hydrogen (secondary N) is 1. The van der Waals surface area contributed by atoms with Crippen molar-refractivity contribution in [1.82, 2.24) is 34.7 Å². The van der Waals surface area contributed by atoms with E-state index in [9.17, 15) is 4.79 Å². The lowest BCUT2D eigenvalue weighted by atomic mass is 10.2. The molecule has 10 heteroatoms. The molecule has 4 heterocycles. The predicted octanol–water partition coefficient (Wildman–Crippen LogP) is 3.44. The van der Waals surface area contributed by atoms with Gasteiger partial charge in [0.1, 0.15) is 22.1 Å². The number of hydrogen-bond donors (Lipinski definition) is 1. The third kappa shape index (κ3) is 3.83. The van der Waals surface area contributed by atoms with Gasteiger partial charge in [0.05, 0.1) is 23.3 Å². The molecule has 0 fully saturated rings. The molecule has 9 nitrogen and oxygen atoms in total. The molecule has 0 radical (unpaired) electrons. The summed E-state index contributed by atoms with van der Waals surface area (Å²) in [6.07, 6.45) is 5.05. The molecule has 31 heavy (non-hydrogen) atoms. The van der Waals surface area contributed by atoms with Gasteiger partial charge in [0.25, 0.3) is 5.91 Å². The van der Waals surface area contributed by atoms with Gasteiger partial charge in [-0.15, -0.1) is 16.4 Å². The standard InChI is InChI=1S/C21H16N8OS/c1-28-12-17(19(27-28)15-9-5-6-10-22-15)24-20(30)18-13-31-21(25-18)16-11-23-29(26-16)14-7-3-2-4-8-14/h2-13H,1H3,(H,24,30). The van der Waals surface area contributed by atoms with E-state index in [0.29, 0.717) is 33.5 Å². The van der Waals surface area contributed by atoms with E-state index in [4.69, 9.17) is 0 Å². The summed E-state index contributed by atoms with van der Waals surface area (Å²) in [5.74, 6) is -0.330. The maximum absolute atomic E-state index is 12.8. The van der Waals surface area contributed by atoms with Crippen LogP contribution < -0.4 is 5.32 Å². The van der Waals surface area contributed by atoms with Crippen LogP contribution in [0.25, 0.3) is 27.8 Å². The Morgan fingerprint density at radius 3 is 2.68 bits per heavy atom. The van der Waals surface area contributed by atoms with Crippen LogP contribution in [0, 0.1) is 0 Å². The second-order valence-electron chi connectivity index (χ2n) is 6.63. The topological polar surface area (TPSA) is 103 Å². The van der Waals surface area contributed by atoms with Gasteiger partial charge in [-0.25, -0.2) is 4.98 Å². The minimum atomic E-state index is -0.330. The van der Waals surface area contributed by atoms with Crippen LogP contribution in [0.3, 0.4) is 0 Å². The van der Waals surface area contributed by atoms with Gasteiger partial charge in [0.15, 0.2) is 0 Å². The van der Waals surface area contributed by atoms with Gasteiger partial charge >= 0.3 is 0 Å². The van der Waals surface area contributed by atoms with Gasteiger partial charge in [0, 0.05) is 24.8 Å². The Morgan fingerprint density at radius 1 is 1.03 bits per heavy atom. The van der Waals surface area contributed by atoms with Crippen LogP contribution in [0.2, 0.25) is 0 Å². The number of para-hydroxylation sites is 1. The number of carbonyl (C=O) groups excluding carboxylic acids is 1. The van der Waals surface area contributed by atoms with Crippen molar-refractivity contribution in [2.45, 2.75) is 0 Å². The fourth-order valence-corrected chi connectivity index (χ4v) is 3.75. The molecule has 1 amide bonds. The van der Waals surface area contributed by atoms with E-state index < -0.39 is 0 Å². The van der Waals surface area contributed by atoms with Crippen molar-refractivity contribution in [3.05, 3.63) is 78.2 Å². The van der Waals surface area contributed by atoms with Crippen LogP contribution in [0.4, 0.5) is 5.69 Å². The highest BCUT2D eigenvalue weighted by atomic mass is 32.1. The molecule has 1 N–H and O–H groups in total. The lowest BCUT2D eigenvalue weighted by molar-refractivity contribution is 0.102. The summed E-state index contributed by atoms with van der Waals surface area (Å²) in [7, 11) is 1.79. The van der Waals surface area contributed by atoms with Gasteiger partial charge in [0.2, 0.25) is 0 Å². The van der Waals surface area contributed by atoms with Gasteiger partial charge < -0.3 is 5.32 Å². The molecule has 5 rings (SSSR count). The number of carbonyl (C=O) groups is 1. The second kappa shape index (κ2) is 7.92. The number of hydrogen-bond acceptors (Lipinski definition) is 7. The van der Waals surface area contributed by atoms with Crippen molar-refractivity contribution in [1.29, 1.82) is 0 Å². The molecule has 0 saturated heterocycles. The van der Waals surface area contributed by atoms with Gasteiger partial charge in [-0.2, -0.15) is 15.0 Å². The van der Waals surface area contributed by atoms with Crippen LogP contribution in [-0.4, -0.2) is 40.6 Å². The molecule has 5 aromatic rings. The van der Waals surface area contributed by atoms with Crippen LogP contribution in [-0.2, 0) is 7.05 Å². The summed E-state index contributed by atoms with van der Waals surface area (Å²) in [4.78, 5) is 23.1. The van der Waals surface area contributed by atoms with Crippen LogP contribution >= 0.6 is 11.3 Å². The third-order valence-electron chi connectivity index (χ3n) is 4.42. The maximum atomic E-state index is 12.8. The quantitative estimate of drug-likeness (QED) is 0.460. The monoisotopic (exact) mass is 428 g/mol. The molecule has 0 unspecified atom stereocenters. The van der Waals surface area contributed by atoms with E-state index in [0.717, 1.165) is 5.69 Å². The van der Waals surface area contributed by atoms with Crippen molar-refractivity contribution in [2.24, 2.45) is 7.05 Å². The number of pyridine rings is 1. The average Bonchev–Trinajstić information content (AvgIpc) is 3.54. The van der Waals surface area contributed by atoms with E-state index in [2.05, 4.69) is 30.6 Å². The first-order chi connectivity index (χ1) is 15.2. The molecule has 0 bridgehead atoms. The van der Waals surface area contributed by atoms with E-state index in [1.807, 2.05) is 48.5 Å². The first kappa shape index (κ1) is 18.8. The highest BCUT2D eigenvalue weighted by molar-refractivity contribution is 7.13. The van der Waals surface area contributed by atoms with Gasteiger partial charge in [-0.3, -0.25) is 14.5 Å². The number of aryl methyl sites for hydroxylation is 1. The number of anilines is 1. The number of amides is 1. The second-order valence-corrected chi connectivity index (χ2v) is 7.48. The zero-order chi connectivity index (χ0) is 21.2. The normalized spacial score (nSPS) is 10.9. The fraction of sp³-hybridized carbons (Fsp3) is 0.0476. The van der Waals surface area contributed by atoms with Gasteiger partial charge in [-0.1, -0.05) is 24.3 Å². The fourth-order valence-electron chi connectivity index (χ4n) is 3.00. The average molecular weight is 428 g/mol. The van der Waals surface area contributed by atoms with Crippen molar-refractivity contribution in [3.8, 4) is 27.8 Å². The molecule has 0 aliphatic rings. The molecule has 0 saturated carbocycles. The maximum Gasteiger partial charge on any atom is 0.275 e. The number of rotatable bonds is 5. The first-order valence-electron chi connectivity index (χ1n) is 9.37. The Bertz CT molecular complexity index is 1340. The molecule has 0 atom stereocenters. The number of aromatic nitrogens is 7. The van der Waals surface area contributed by atoms with Crippen molar-refractivity contribution in [2.75, 3.05) is 5.32 Å².